The Morgan fingerprint density at radius 2 is 1.89 bits per heavy atom. The number of halogens is 5. The van der Waals surface area contributed by atoms with E-state index < -0.39 is 24.0 Å². The van der Waals surface area contributed by atoms with Crippen LogP contribution >= 0.6 is 11.8 Å². The van der Waals surface area contributed by atoms with Crippen LogP contribution in [0.2, 0.25) is 0 Å². The molecule has 0 aromatic carbocycles. The highest BCUT2D eigenvalue weighted by Gasteiger charge is 2.63. The number of thioether (sulfide) groups is 1. The Morgan fingerprint density at radius 3 is 2.39 bits per heavy atom. The predicted octanol–water partition coefficient (Wildman–Crippen LogP) is 2.97. The average Bonchev–Trinajstić information content (AvgIpc) is 2.64. The van der Waals surface area contributed by atoms with Crippen molar-refractivity contribution in [1.82, 2.24) is 5.32 Å². The van der Waals surface area contributed by atoms with E-state index in [1.54, 1.807) is 17.1 Å². The van der Waals surface area contributed by atoms with E-state index in [9.17, 15) is 26.7 Å². The number of nitrogens with one attached hydrogen (secondary N) is 1. The molecule has 1 aliphatic rings. The van der Waals surface area contributed by atoms with Crippen LogP contribution in [0.3, 0.4) is 0 Å². The van der Waals surface area contributed by atoms with E-state index in [-0.39, 0.29) is 5.25 Å². The zero-order valence-electron chi connectivity index (χ0n) is 9.69. The molecular weight excluding hydrogens is 277 g/mol. The van der Waals surface area contributed by atoms with Gasteiger partial charge >= 0.3 is 18.0 Å². The number of hydrogen-bond donors (Lipinski definition) is 1. The molecule has 0 saturated heterocycles. The molecule has 1 rings (SSSR count). The van der Waals surface area contributed by atoms with Crippen molar-refractivity contribution in [3.63, 3.8) is 0 Å². The lowest BCUT2D eigenvalue weighted by atomic mass is 10.2. The summed E-state index contributed by atoms with van der Waals surface area (Å²) in [7, 11) is 0. The van der Waals surface area contributed by atoms with Crippen LogP contribution in [0.25, 0.3) is 0 Å². The fourth-order valence-electron chi connectivity index (χ4n) is 1.86. The van der Waals surface area contributed by atoms with Crippen molar-refractivity contribution < 1.29 is 26.7 Å². The molecule has 0 aliphatic heterocycles. The highest BCUT2D eigenvalue weighted by atomic mass is 32.2. The fraction of sp³-hybridized carbons (Fsp3) is 0.900. The zero-order valence-corrected chi connectivity index (χ0v) is 10.5. The largest absolute Gasteiger partial charge is 0.463 e. The second-order valence-corrected chi connectivity index (χ2v) is 5.71. The molecular formula is C10H14F5NOS. The van der Waals surface area contributed by atoms with Gasteiger partial charge < -0.3 is 5.32 Å². The van der Waals surface area contributed by atoms with Crippen molar-refractivity contribution in [3.8, 4) is 0 Å². The summed E-state index contributed by atoms with van der Waals surface area (Å²) >= 11 is 1.62. The second kappa shape index (κ2) is 5.63. The van der Waals surface area contributed by atoms with Gasteiger partial charge in [-0.25, -0.2) is 0 Å². The number of amides is 1. The Kier molecular flexibility index (Phi) is 4.85. The van der Waals surface area contributed by atoms with Crippen LogP contribution in [0.5, 0.6) is 0 Å². The monoisotopic (exact) mass is 291 g/mol. The number of carbonyl (C=O) groups excluding carboxylic acids is 1. The van der Waals surface area contributed by atoms with Gasteiger partial charge in [-0.1, -0.05) is 6.92 Å². The quantitative estimate of drug-likeness (QED) is 0.807. The molecule has 1 fully saturated rings. The standard InChI is InChI=1S/C10H14F5NOS/c1-2-18-7-4-3-6(5-7)16-8(17)9(11,12)10(13,14)15/h6-7H,2-5H2,1H3,(H,16,17). The molecule has 1 saturated carbocycles. The fourth-order valence-corrected chi connectivity index (χ4v) is 3.01. The van der Waals surface area contributed by atoms with E-state index in [0.717, 1.165) is 12.2 Å². The zero-order chi connectivity index (χ0) is 14.0. The molecule has 0 bridgehead atoms. The van der Waals surface area contributed by atoms with E-state index in [0.29, 0.717) is 12.8 Å². The lowest BCUT2D eigenvalue weighted by Gasteiger charge is -2.21. The van der Waals surface area contributed by atoms with E-state index >= 15 is 0 Å². The minimum atomic E-state index is -5.84. The molecule has 0 spiro atoms. The lowest BCUT2D eigenvalue weighted by Crippen LogP contribution is -2.52. The molecule has 1 aliphatic carbocycles. The van der Waals surface area contributed by atoms with Crippen LogP contribution in [-0.4, -0.2) is 35.1 Å². The Morgan fingerprint density at radius 1 is 1.28 bits per heavy atom. The van der Waals surface area contributed by atoms with Crippen molar-refractivity contribution >= 4 is 17.7 Å². The molecule has 8 heteroatoms. The summed E-state index contributed by atoms with van der Waals surface area (Å²) in [5, 5.41) is 2.01. The maximum Gasteiger partial charge on any atom is 0.463 e. The van der Waals surface area contributed by atoms with Crippen LogP contribution in [0.1, 0.15) is 26.2 Å². The maximum atomic E-state index is 12.7. The number of alkyl halides is 5. The van der Waals surface area contributed by atoms with Crippen molar-refractivity contribution in [1.29, 1.82) is 0 Å². The van der Waals surface area contributed by atoms with Gasteiger partial charge in [0.05, 0.1) is 0 Å². The normalized spacial score (nSPS) is 25.2. The van der Waals surface area contributed by atoms with Crippen molar-refractivity contribution in [3.05, 3.63) is 0 Å². The third kappa shape index (κ3) is 3.49. The van der Waals surface area contributed by atoms with Gasteiger partial charge in [-0.15, -0.1) is 0 Å². The van der Waals surface area contributed by atoms with Crippen LogP contribution in [0.4, 0.5) is 22.0 Å². The van der Waals surface area contributed by atoms with Gasteiger partial charge in [-0.2, -0.15) is 33.7 Å². The smallest absolute Gasteiger partial charge is 0.348 e. The summed E-state index contributed by atoms with van der Waals surface area (Å²) in [6, 6.07) is -0.588. The van der Waals surface area contributed by atoms with E-state index in [4.69, 9.17) is 0 Å². The highest BCUT2D eigenvalue weighted by molar-refractivity contribution is 7.99. The summed E-state index contributed by atoms with van der Waals surface area (Å²) in [6.07, 6.45) is -4.23. The van der Waals surface area contributed by atoms with Gasteiger partial charge in [0.15, 0.2) is 0 Å². The Bertz CT molecular complexity index is 307. The van der Waals surface area contributed by atoms with Crippen molar-refractivity contribution in [2.45, 2.75) is 49.6 Å². The van der Waals surface area contributed by atoms with E-state index in [1.165, 1.54) is 0 Å². The van der Waals surface area contributed by atoms with Crippen LogP contribution < -0.4 is 5.32 Å². The van der Waals surface area contributed by atoms with Gasteiger partial charge in [0.2, 0.25) is 0 Å². The third-order valence-electron chi connectivity index (χ3n) is 2.76. The first kappa shape index (κ1) is 15.5. The van der Waals surface area contributed by atoms with Gasteiger partial charge in [-0.3, -0.25) is 4.79 Å². The highest BCUT2D eigenvalue weighted by Crippen LogP contribution is 2.36. The lowest BCUT2D eigenvalue weighted by molar-refractivity contribution is -0.270. The molecule has 0 aromatic heterocycles. The van der Waals surface area contributed by atoms with Crippen LogP contribution in [0, 0.1) is 0 Å². The SMILES string of the molecule is CCSC1CCC(NC(=O)C(F)(F)C(F)(F)F)C1. The molecule has 2 unspecified atom stereocenters. The Hall–Kier alpha value is -0.530. The van der Waals surface area contributed by atoms with Crippen LogP contribution in [0.15, 0.2) is 0 Å². The first-order valence-electron chi connectivity index (χ1n) is 5.55. The Labute approximate surface area is 106 Å². The molecule has 2 nitrogen and oxygen atoms in total. The molecule has 0 heterocycles. The van der Waals surface area contributed by atoms with Gasteiger partial charge in [0, 0.05) is 11.3 Å². The summed E-state index contributed by atoms with van der Waals surface area (Å²) < 4.78 is 61.2. The van der Waals surface area contributed by atoms with E-state index in [1.807, 2.05) is 6.92 Å². The van der Waals surface area contributed by atoms with Gasteiger partial charge in [0.1, 0.15) is 0 Å². The summed E-state index contributed by atoms with van der Waals surface area (Å²) in [5.74, 6) is -6.71. The predicted molar refractivity (Wildman–Crippen MR) is 58.7 cm³/mol. The molecule has 106 valence electrons. The van der Waals surface area contributed by atoms with Crippen molar-refractivity contribution in [2.24, 2.45) is 0 Å². The topological polar surface area (TPSA) is 29.1 Å². The number of hydrogen-bond acceptors (Lipinski definition) is 2. The number of carbonyl (C=O) groups is 1. The first-order chi connectivity index (χ1) is 8.18. The van der Waals surface area contributed by atoms with E-state index in [2.05, 4.69) is 0 Å². The van der Waals surface area contributed by atoms with Crippen LogP contribution in [-0.2, 0) is 4.79 Å². The number of rotatable bonds is 4. The molecule has 1 amide bonds. The molecule has 18 heavy (non-hydrogen) atoms. The van der Waals surface area contributed by atoms with Gasteiger partial charge in [0.25, 0.3) is 0 Å². The summed E-state index contributed by atoms with van der Waals surface area (Å²) in [6.45, 7) is 1.94. The minimum Gasteiger partial charge on any atom is -0.348 e. The molecule has 0 radical (unpaired) electrons. The summed E-state index contributed by atoms with van der Waals surface area (Å²) in [5.41, 5.74) is 0. The maximum absolute atomic E-state index is 12.7. The minimum absolute atomic E-state index is 0.222. The van der Waals surface area contributed by atoms with Crippen molar-refractivity contribution in [2.75, 3.05) is 5.75 Å². The second-order valence-electron chi connectivity index (χ2n) is 4.13. The Balaban J connectivity index is 2.52. The molecule has 1 N–H and O–H groups in total. The van der Waals surface area contributed by atoms with Gasteiger partial charge in [-0.05, 0) is 25.0 Å². The molecule has 0 aromatic rings. The third-order valence-corrected chi connectivity index (χ3v) is 4.00. The average molecular weight is 291 g/mol. The molecule has 2 atom stereocenters. The summed E-state index contributed by atoms with van der Waals surface area (Å²) in [4.78, 5) is 10.9. The first-order valence-corrected chi connectivity index (χ1v) is 6.60.